The van der Waals surface area contributed by atoms with Crippen molar-refractivity contribution in [2.45, 2.75) is 11.8 Å². The topological polar surface area (TPSA) is 92.3 Å². The normalized spacial score (nSPS) is 12.0. The zero-order chi connectivity index (χ0) is 17.3. The highest BCUT2D eigenvalue weighted by molar-refractivity contribution is 7.92. The highest BCUT2D eigenvalue weighted by atomic mass is 35.5. The number of aryl methyl sites for hydroxylation is 1. The molecule has 0 saturated heterocycles. The Morgan fingerprint density at radius 1 is 0.913 bits per heavy atom. The maximum absolute atomic E-state index is 12.4. The van der Waals surface area contributed by atoms with E-state index in [0.29, 0.717) is 16.3 Å². The second-order valence-electron chi connectivity index (χ2n) is 4.96. The van der Waals surface area contributed by atoms with Crippen molar-refractivity contribution in [3.05, 3.63) is 53.1 Å². The van der Waals surface area contributed by atoms with Gasteiger partial charge in [0, 0.05) is 10.7 Å². The average molecular weight is 375 g/mol. The molecule has 124 valence electrons. The molecule has 0 spiro atoms. The van der Waals surface area contributed by atoms with Crippen molar-refractivity contribution in [2.75, 3.05) is 15.7 Å². The molecule has 2 N–H and O–H groups in total. The molecule has 0 bridgehead atoms. The predicted octanol–water partition coefficient (Wildman–Crippen LogP) is 2.82. The lowest BCUT2D eigenvalue weighted by Gasteiger charge is -2.11. The Balaban J connectivity index is 2.26. The first-order valence-corrected chi connectivity index (χ1v) is 10.2. The summed E-state index contributed by atoms with van der Waals surface area (Å²) < 4.78 is 51.7. The van der Waals surface area contributed by atoms with Gasteiger partial charge in [-0.3, -0.25) is 9.44 Å². The molecule has 2 aromatic carbocycles. The van der Waals surface area contributed by atoms with E-state index in [1.165, 1.54) is 24.3 Å². The smallest absolute Gasteiger partial charge is 0.261 e. The molecule has 2 rings (SSSR count). The molecule has 23 heavy (non-hydrogen) atoms. The first kappa shape index (κ1) is 17.6. The molecule has 2 aromatic rings. The van der Waals surface area contributed by atoms with E-state index < -0.39 is 20.0 Å². The highest BCUT2D eigenvalue weighted by Crippen LogP contribution is 2.23. The monoisotopic (exact) mass is 374 g/mol. The Bertz CT molecular complexity index is 924. The lowest BCUT2D eigenvalue weighted by atomic mass is 10.2. The van der Waals surface area contributed by atoms with Gasteiger partial charge in [0.05, 0.1) is 16.8 Å². The van der Waals surface area contributed by atoms with Gasteiger partial charge < -0.3 is 0 Å². The Morgan fingerprint density at radius 3 is 2.04 bits per heavy atom. The van der Waals surface area contributed by atoms with E-state index in [0.717, 1.165) is 6.26 Å². The summed E-state index contributed by atoms with van der Waals surface area (Å²) in [5.41, 5.74) is 1.40. The van der Waals surface area contributed by atoms with Crippen molar-refractivity contribution < 1.29 is 16.8 Å². The number of sulfonamides is 2. The summed E-state index contributed by atoms with van der Waals surface area (Å²) in [7, 11) is -7.19. The Morgan fingerprint density at radius 2 is 1.52 bits per heavy atom. The van der Waals surface area contributed by atoms with Crippen LogP contribution >= 0.6 is 11.6 Å². The molecule has 0 fully saturated rings. The van der Waals surface area contributed by atoms with Crippen LogP contribution in [0.2, 0.25) is 5.02 Å². The minimum absolute atomic E-state index is 0.0194. The van der Waals surface area contributed by atoms with Crippen molar-refractivity contribution in [2.24, 2.45) is 0 Å². The number of halogens is 1. The van der Waals surface area contributed by atoms with Gasteiger partial charge in [-0.1, -0.05) is 11.6 Å². The fourth-order valence-corrected chi connectivity index (χ4v) is 3.78. The van der Waals surface area contributed by atoms with E-state index in [9.17, 15) is 16.8 Å². The van der Waals surface area contributed by atoms with Crippen LogP contribution in [0.3, 0.4) is 0 Å². The summed E-state index contributed by atoms with van der Waals surface area (Å²) in [5, 5.41) is 0.515. The van der Waals surface area contributed by atoms with Gasteiger partial charge in [0.15, 0.2) is 0 Å². The van der Waals surface area contributed by atoms with Gasteiger partial charge in [-0.2, -0.15) is 0 Å². The van der Waals surface area contributed by atoms with Crippen LogP contribution in [0, 0.1) is 6.92 Å². The van der Waals surface area contributed by atoms with Crippen LogP contribution in [0.25, 0.3) is 0 Å². The zero-order valence-electron chi connectivity index (χ0n) is 12.4. The Kier molecular flexibility index (Phi) is 4.88. The summed E-state index contributed by atoms with van der Waals surface area (Å²) in [6, 6.07) is 10.2. The maximum atomic E-state index is 12.4. The quantitative estimate of drug-likeness (QED) is 0.841. The molecule has 0 saturated carbocycles. The molecule has 0 radical (unpaired) electrons. The first-order chi connectivity index (χ1) is 10.6. The van der Waals surface area contributed by atoms with Crippen LogP contribution < -0.4 is 9.44 Å². The number of hydrogen-bond acceptors (Lipinski definition) is 4. The predicted molar refractivity (Wildman–Crippen MR) is 91.9 cm³/mol. The minimum atomic E-state index is -3.78. The van der Waals surface area contributed by atoms with Gasteiger partial charge >= 0.3 is 0 Å². The molecule has 0 unspecified atom stereocenters. The summed E-state index contributed by atoms with van der Waals surface area (Å²) in [5.74, 6) is 0. The van der Waals surface area contributed by atoms with E-state index >= 15 is 0 Å². The molecule has 6 nitrogen and oxygen atoms in total. The SMILES string of the molecule is Cc1cc(Cl)ccc1NS(=O)(=O)c1ccc(NS(C)(=O)=O)cc1. The molecule has 0 aliphatic carbocycles. The van der Waals surface area contributed by atoms with Crippen LogP contribution in [0.5, 0.6) is 0 Å². The fourth-order valence-electron chi connectivity index (χ4n) is 1.86. The van der Waals surface area contributed by atoms with Gasteiger partial charge in [-0.25, -0.2) is 16.8 Å². The van der Waals surface area contributed by atoms with Crippen LogP contribution in [-0.4, -0.2) is 23.1 Å². The van der Waals surface area contributed by atoms with Crippen molar-refractivity contribution in [3.63, 3.8) is 0 Å². The van der Waals surface area contributed by atoms with Gasteiger partial charge in [0.1, 0.15) is 0 Å². The third-order valence-electron chi connectivity index (χ3n) is 2.90. The third-order valence-corrected chi connectivity index (χ3v) is 5.12. The van der Waals surface area contributed by atoms with Crippen molar-refractivity contribution in [3.8, 4) is 0 Å². The summed E-state index contributed by atoms with van der Waals surface area (Å²) in [6.45, 7) is 1.74. The first-order valence-electron chi connectivity index (χ1n) is 6.44. The summed E-state index contributed by atoms with van der Waals surface area (Å²) in [4.78, 5) is 0.0194. The van der Waals surface area contributed by atoms with Crippen molar-refractivity contribution in [1.29, 1.82) is 0 Å². The largest absolute Gasteiger partial charge is 0.284 e. The molecule has 9 heteroatoms. The number of hydrogen-bond donors (Lipinski definition) is 2. The second kappa shape index (κ2) is 6.38. The van der Waals surface area contributed by atoms with E-state index in [2.05, 4.69) is 9.44 Å². The zero-order valence-corrected chi connectivity index (χ0v) is 14.8. The van der Waals surface area contributed by atoms with Gasteiger partial charge in [-0.05, 0) is 55.0 Å². The van der Waals surface area contributed by atoms with E-state index in [1.54, 1.807) is 25.1 Å². The Labute approximate surface area is 140 Å². The molecule has 0 aliphatic heterocycles. The molecule has 0 aliphatic rings. The summed E-state index contributed by atoms with van der Waals surface area (Å²) in [6.07, 6.45) is 1.02. The lowest BCUT2D eigenvalue weighted by Crippen LogP contribution is -2.14. The molecule has 0 aromatic heterocycles. The number of nitrogens with one attached hydrogen (secondary N) is 2. The molecule has 0 amide bonds. The van der Waals surface area contributed by atoms with E-state index in [4.69, 9.17) is 11.6 Å². The molecular weight excluding hydrogens is 360 g/mol. The van der Waals surface area contributed by atoms with E-state index in [1.807, 2.05) is 0 Å². The van der Waals surface area contributed by atoms with Crippen LogP contribution in [0.15, 0.2) is 47.4 Å². The van der Waals surface area contributed by atoms with Crippen molar-refractivity contribution >= 4 is 43.0 Å². The van der Waals surface area contributed by atoms with Gasteiger partial charge in [0.25, 0.3) is 10.0 Å². The minimum Gasteiger partial charge on any atom is -0.284 e. The molecular formula is C14H15ClN2O4S2. The summed E-state index contributed by atoms with van der Waals surface area (Å²) >= 11 is 5.84. The van der Waals surface area contributed by atoms with Gasteiger partial charge in [-0.15, -0.1) is 0 Å². The van der Waals surface area contributed by atoms with Crippen LogP contribution in [0.4, 0.5) is 11.4 Å². The number of rotatable bonds is 5. The standard InChI is InChI=1S/C14H15ClN2O4S2/c1-10-9-11(15)3-8-14(10)17-23(20,21)13-6-4-12(5-7-13)16-22(2,18)19/h3-9,16-17H,1-2H3. The van der Waals surface area contributed by atoms with E-state index in [-0.39, 0.29) is 10.6 Å². The van der Waals surface area contributed by atoms with Crippen LogP contribution in [0.1, 0.15) is 5.56 Å². The van der Waals surface area contributed by atoms with Crippen molar-refractivity contribution in [1.82, 2.24) is 0 Å². The fraction of sp³-hybridized carbons (Fsp3) is 0.143. The third kappa shape index (κ3) is 4.85. The molecule has 0 heterocycles. The number of anilines is 2. The lowest BCUT2D eigenvalue weighted by molar-refractivity contribution is 0.601. The van der Waals surface area contributed by atoms with Crippen LogP contribution in [-0.2, 0) is 20.0 Å². The van der Waals surface area contributed by atoms with Gasteiger partial charge in [0.2, 0.25) is 10.0 Å². The highest BCUT2D eigenvalue weighted by Gasteiger charge is 2.15. The second-order valence-corrected chi connectivity index (χ2v) is 8.83. The maximum Gasteiger partial charge on any atom is 0.261 e. The average Bonchev–Trinajstić information content (AvgIpc) is 2.41. The Hall–Kier alpha value is -1.77. The molecule has 0 atom stereocenters. The number of benzene rings is 2.